The molecule has 0 fully saturated rings. The predicted octanol–water partition coefficient (Wildman–Crippen LogP) is 5.67. The van der Waals surface area contributed by atoms with Crippen LogP contribution in [0.3, 0.4) is 0 Å². The van der Waals surface area contributed by atoms with E-state index >= 15 is 0 Å². The molecule has 2 aromatic carbocycles. The molecular formula is C18H23NS. The van der Waals surface area contributed by atoms with Crippen LogP contribution in [0.25, 0.3) is 0 Å². The average molecular weight is 285 g/mol. The highest BCUT2D eigenvalue weighted by Crippen LogP contribution is 2.40. The minimum atomic E-state index is 0.515. The van der Waals surface area contributed by atoms with E-state index in [1.54, 1.807) is 11.8 Å². The Balaban J connectivity index is 2.51. The molecule has 0 bridgehead atoms. The van der Waals surface area contributed by atoms with Gasteiger partial charge in [-0.2, -0.15) is 0 Å². The van der Waals surface area contributed by atoms with Crippen LogP contribution in [0.1, 0.15) is 50.7 Å². The molecule has 0 saturated carbocycles. The molecule has 2 rings (SSSR count). The van der Waals surface area contributed by atoms with Crippen molar-refractivity contribution in [1.82, 2.24) is 0 Å². The van der Waals surface area contributed by atoms with Crippen LogP contribution in [0.15, 0.2) is 52.3 Å². The van der Waals surface area contributed by atoms with E-state index in [2.05, 4.69) is 52.0 Å². The Labute approximate surface area is 126 Å². The number of rotatable bonds is 4. The summed E-state index contributed by atoms with van der Waals surface area (Å²) in [4.78, 5) is 2.51. The molecule has 0 atom stereocenters. The molecule has 20 heavy (non-hydrogen) atoms. The summed E-state index contributed by atoms with van der Waals surface area (Å²) in [5.41, 5.74) is 9.77. The first-order valence-electron chi connectivity index (χ1n) is 7.16. The van der Waals surface area contributed by atoms with Gasteiger partial charge in [-0.25, -0.2) is 0 Å². The molecule has 106 valence electrons. The molecule has 0 aromatic heterocycles. The van der Waals surface area contributed by atoms with Crippen LogP contribution in [0, 0.1) is 0 Å². The lowest BCUT2D eigenvalue weighted by Crippen LogP contribution is -1.99. The normalized spacial score (nSPS) is 11.3. The Morgan fingerprint density at radius 1 is 0.800 bits per heavy atom. The lowest BCUT2D eigenvalue weighted by molar-refractivity contribution is 0.794. The van der Waals surface area contributed by atoms with E-state index < -0.39 is 0 Å². The van der Waals surface area contributed by atoms with E-state index in [0.29, 0.717) is 11.8 Å². The van der Waals surface area contributed by atoms with E-state index in [-0.39, 0.29) is 0 Å². The van der Waals surface area contributed by atoms with Gasteiger partial charge in [0, 0.05) is 15.5 Å². The molecule has 0 aliphatic rings. The highest BCUT2D eigenvalue weighted by molar-refractivity contribution is 7.99. The quantitative estimate of drug-likeness (QED) is 0.733. The maximum Gasteiger partial charge on any atom is 0.0455 e. The molecule has 0 radical (unpaired) electrons. The fraction of sp³-hybridized carbons (Fsp3) is 0.333. The number of hydrogen-bond donors (Lipinski definition) is 1. The molecule has 1 nitrogen and oxygen atoms in total. The first-order chi connectivity index (χ1) is 9.50. The molecule has 2 heteroatoms. The summed E-state index contributed by atoms with van der Waals surface area (Å²) in [6, 6.07) is 14.7. The first-order valence-corrected chi connectivity index (χ1v) is 7.97. The second kappa shape index (κ2) is 6.36. The summed E-state index contributed by atoms with van der Waals surface area (Å²) in [7, 11) is 0. The van der Waals surface area contributed by atoms with Crippen LogP contribution >= 0.6 is 11.8 Å². The van der Waals surface area contributed by atoms with Crippen molar-refractivity contribution >= 4 is 17.4 Å². The fourth-order valence-electron chi connectivity index (χ4n) is 2.28. The second-order valence-corrected chi connectivity index (χ2v) is 6.77. The van der Waals surface area contributed by atoms with Gasteiger partial charge in [0.1, 0.15) is 0 Å². The highest BCUT2D eigenvalue weighted by atomic mass is 32.2. The van der Waals surface area contributed by atoms with Crippen molar-refractivity contribution in [3.63, 3.8) is 0 Å². The number of nitrogens with two attached hydrogens (primary N) is 1. The lowest BCUT2D eigenvalue weighted by atomic mass is 9.95. The summed E-state index contributed by atoms with van der Waals surface area (Å²) in [6.07, 6.45) is 0. The van der Waals surface area contributed by atoms with Gasteiger partial charge in [-0.15, -0.1) is 0 Å². The van der Waals surface area contributed by atoms with Crippen LogP contribution in [0.4, 0.5) is 5.69 Å². The van der Waals surface area contributed by atoms with E-state index in [0.717, 1.165) is 10.6 Å². The Hall–Kier alpha value is -1.41. The van der Waals surface area contributed by atoms with Gasteiger partial charge in [-0.05, 0) is 35.1 Å². The molecule has 2 N–H and O–H groups in total. The second-order valence-electron chi connectivity index (χ2n) is 5.71. The van der Waals surface area contributed by atoms with Crippen LogP contribution < -0.4 is 5.73 Å². The Bertz CT molecular complexity index is 561. The molecule has 0 heterocycles. The number of nitrogen functional groups attached to an aromatic ring is 1. The summed E-state index contributed by atoms with van der Waals surface area (Å²) in [6.45, 7) is 8.99. The van der Waals surface area contributed by atoms with Crippen LogP contribution in [0.2, 0.25) is 0 Å². The lowest BCUT2D eigenvalue weighted by Gasteiger charge is -2.19. The molecule has 0 saturated heterocycles. The van der Waals surface area contributed by atoms with Crippen LogP contribution in [-0.4, -0.2) is 0 Å². The molecule has 0 amide bonds. The summed E-state index contributed by atoms with van der Waals surface area (Å²) in [5, 5.41) is 0. The zero-order chi connectivity index (χ0) is 14.7. The zero-order valence-corrected chi connectivity index (χ0v) is 13.5. The molecule has 0 aliphatic carbocycles. The minimum Gasteiger partial charge on any atom is -0.398 e. The largest absolute Gasteiger partial charge is 0.398 e. The summed E-state index contributed by atoms with van der Waals surface area (Å²) >= 11 is 1.80. The van der Waals surface area contributed by atoms with Gasteiger partial charge < -0.3 is 5.73 Å². The van der Waals surface area contributed by atoms with E-state index in [9.17, 15) is 0 Å². The summed E-state index contributed by atoms with van der Waals surface area (Å²) in [5.74, 6) is 1.03. The Morgan fingerprint density at radius 3 is 1.85 bits per heavy atom. The monoisotopic (exact) mass is 285 g/mol. The molecule has 0 unspecified atom stereocenters. The predicted molar refractivity (Wildman–Crippen MR) is 89.6 cm³/mol. The Kier molecular flexibility index (Phi) is 4.77. The van der Waals surface area contributed by atoms with Crippen molar-refractivity contribution in [2.45, 2.75) is 49.3 Å². The van der Waals surface area contributed by atoms with Gasteiger partial charge >= 0.3 is 0 Å². The third kappa shape index (κ3) is 3.18. The van der Waals surface area contributed by atoms with Crippen LogP contribution in [0.5, 0.6) is 0 Å². The molecule has 0 spiro atoms. The zero-order valence-electron chi connectivity index (χ0n) is 12.7. The molecular weight excluding hydrogens is 262 g/mol. The highest BCUT2D eigenvalue weighted by Gasteiger charge is 2.15. The van der Waals surface area contributed by atoms with Gasteiger partial charge in [0.2, 0.25) is 0 Å². The van der Waals surface area contributed by atoms with E-state index in [1.165, 1.54) is 16.0 Å². The maximum absolute atomic E-state index is 6.10. The van der Waals surface area contributed by atoms with Gasteiger partial charge in [0.15, 0.2) is 0 Å². The van der Waals surface area contributed by atoms with Crippen molar-refractivity contribution in [3.8, 4) is 0 Å². The van der Waals surface area contributed by atoms with Crippen molar-refractivity contribution in [1.29, 1.82) is 0 Å². The Morgan fingerprint density at radius 2 is 1.35 bits per heavy atom. The van der Waals surface area contributed by atoms with Gasteiger partial charge in [-0.1, -0.05) is 69.8 Å². The topological polar surface area (TPSA) is 26.0 Å². The summed E-state index contributed by atoms with van der Waals surface area (Å²) < 4.78 is 0. The average Bonchev–Trinajstić information content (AvgIpc) is 2.41. The SMILES string of the molecule is CC(C)c1cccc(C(C)C)c1Sc1ccccc1N. The fourth-order valence-corrected chi connectivity index (χ4v) is 3.68. The standard InChI is InChI=1S/C18H23NS/c1-12(2)14-8-7-9-15(13(3)4)18(14)20-17-11-6-5-10-16(17)19/h5-13H,19H2,1-4H3. The van der Waals surface area contributed by atoms with Crippen LogP contribution in [-0.2, 0) is 0 Å². The number of benzene rings is 2. The van der Waals surface area contributed by atoms with Gasteiger partial charge in [0.05, 0.1) is 0 Å². The van der Waals surface area contributed by atoms with Gasteiger partial charge in [0.25, 0.3) is 0 Å². The number of para-hydroxylation sites is 1. The van der Waals surface area contributed by atoms with E-state index in [4.69, 9.17) is 5.73 Å². The first kappa shape index (κ1) is 15.0. The van der Waals surface area contributed by atoms with Crippen molar-refractivity contribution in [3.05, 3.63) is 53.6 Å². The van der Waals surface area contributed by atoms with Crippen molar-refractivity contribution in [2.24, 2.45) is 0 Å². The van der Waals surface area contributed by atoms with E-state index in [1.807, 2.05) is 18.2 Å². The van der Waals surface area contributed by atoms with Crippen molar-refractivity contribution in [2.75, 3.05) is 5.73 Å². The number of hydrogen-bond acceptors (Lipinski definition) is 2. The minimum absolute atomic E-state index is 0.515. The molecule has 0 aliphatic heterocycles. The maximum atomic E-state index is 6.10. The third-order valence-corrected chi connectivity index (χ3v) is 4.72. The van der Waals surface area contributed by atoms with Crippen molar-refractivity contribution < 1.29 is 0 Å². The third-order valence-electron chi connectivity index (χ3n) is 3.45. The molecule has 2 aromatic rings. The smallest absolute Gasteiger partial charge is 0.0455 e. The van der Waals surface area contributed by atoms with Gasteiger partial charge in [-0.3, -0.25) is 0 Å². The number of anilines is 1.